The molecular weight excluding hydrogens is 213 g/mol. The molecule has 0 N–H and O–H groups in total. The molecule has 0 aliphatic rings. The first-order chi connectivity index (χ1) is 5.11. The Morgan fingerprint density at radius 3 is 2.82 bits per heavy atom. The monoisotopic (exact) mass is 217 g/mol. The van der Waals surface area contributed by atoms with Crippen LogP contribution in [0.2, 0.25) is 0 Å². The molecule has 1 rings (SSSR count). The summed E-state index contributed by atoms with van der Waals surface area (Å²) in [5.74, 6) is -1.04. The van der Waals surface area contributed by atoms with Crippen molar-refractivity contribution in [2.75, 3.05) is 0 Å². The topological polar surface area (TPSA) is 30.0 Å². The number of halogens is 2. The quantitative estimate of drug-likeness (QED) is 0.534. The van der Waals surface area contributed by atoms with Gasteiger partial charge in [0.2, 0.25) is 5.95 Å². The van der Waals surface area contributed by atoms with E-state index in [9.17, 15) is 9.18 Å². The molecular formula is C7H5BrFNO. The van der Waals surface area contributed by atoms with Crippen LogP contribution in [0.3, 0.4) is 0 Å². The number of carbonyl (C=O) groups is 1. The van der Waals surface area contributed by atoms with Crippen LogP contribution in [0.5, 0.6) is 0 Å². The average Bonchev–Trinajstić information content (AvgIpc) is 1.94. The van der Waals surface area contributed by atoms with Gasteiger partial charge in [0.15, 0.2) is 5.78 Å². The Labute approximate surface area is 71.6 Å². The lowest BCUT2D eigenvalue weighted by Crippen LogP contribution is -1.98. The van der Waals surface area contributed by atoms with E-state index < -0.39 is 5.95 Å². The van der Waals surface area contributed by atoms with E-state index in [1.807, 2.05) is 0 Å². The second kappa shape index (κ2) is 3.09. The summed E-state index contributed by atoms with van der Waals surface area (Å²) >= 11 is 3.08. The Morgan fingerprint density at radius 2 is 2.36 bits per heavy atom. The van der Waals surface area contributed by atoms with E-state index in [4.69, 9.17) is 0 Å². The number of nitrogens with zero attached hydrogens (tertiary/aromatic N) is 1. The Bertz CT molecular complexity index is 300. The third kappa shape index (κ3) is 1.83. The van der Waals surface area contributed by atoms with Crippen LogP contribution in [0.1, 0.15) is 17.3 Å². The summed E-state index contributed by atoms with van der Waals surface area (Å²) in [4.78, 5) is 14.1. The van der Waals surface area contributed by atoms with Crippen LogP contribution in [-0.4, -0.2) is 10.8 Å². The predicted molar refractivity (Wildman–Crippen MR) is 41.9 cm³/mol. The number of hydrogen-bond donors (Lipinski definition) is 0. The summed E-state index contributed by atoms with van der Waals surface area (Å²) < 4.78 is 13.3. The Balaban J connectivity index is 3.23. The number of ketones is 1. The number of rotatable bonds is 1. The first-order valence-corrected chi connectivity index (χ1v) is 3.72. The van der Waals surface area contributed by atoms with Crippen molar-refractivity contribution in [1.29, 1.82) is 0 Å². The van der Waals surface area contributed by atoms with Crippen LogP contribution in [-0.2, 0) is 0 Å². The van der Waals surface area contributed by atoms with Gasteiger partial charge in [-0.05, 0) is 28.9 Å². The highest BCUT2D eigenvalue weighted by Crippen LogP contribution is 2.12. The summed E-state index contributed by atoms with van der Waals surface area (Å²) in [5, 5.41) is 0. The number of aromatic nitrogens is 1. The Morgan fingerprint density at radius 1 is 1.73 bits per heavy atom. The maximum Gasteiger partial charge on any atom is 0.223 e. The van der Waals surface area contributed by atoms with Crippen LogP contribution < -0.4 is 0 Å². The van der Waals surface area contributed by atoms with Gasteiger partial charge in [-0.1, -0.05) is 0 Å². The fourth-order valence-electron chi connectivity index (χ4n) is 0.669. The van der Waals surface area contributed by atoms with Crippen molar-refractivity contribution >= 4 is 21.7 Å². The molecule has 0 radical (unpaired) electrons. The molecule has 0 atom stereocenters. The van der Waals surface area contributed by atoms with E-state index in [2.05, 4.69) is 20.9 Å². The molecule has 0 aliphatic carbocycles. The van der Waals surface area contributed by atoms with Crippen molar-refractivity contribution in [3.63, 3.8) is 0 Å². The molecule has 0 unspecified atom stereocenters. The maximum absolute atomic E-state index is 12.7. The van der Waals surface area contributed by atoms with Crippen LogP contribution in [0, 0.1) is 5.95 Å². The number of hydrogen-bond acceptors (Lipinski definition) is 2. The molecule has 11 heavy (non-hydrogen) atoms. The van der Waals surface area contributed by atoms with Crippen molar-refractivity contribution in [1.82, 2.24) is 4.98 Å². The van der Waals surface area contributed by atoms with Crippen LogP contribution in [0.15, 0.2) is 16.7 Å². The lowest BCUT2D eigenvalue weighted by atomic mass is 10.2. The second-order valence-corrected chi connectivity index (χ2v) is 2.96. The minimum atomic E-state index is -0.722. The van der Waals surface area contributed by atoms with Gasteiger partial charge in [0.05, 0.1) is 5.56 Å². The summed E-state index contributed by atoms with van der Waals surface area (Å²) in [6.45, 7) is 1.30. The lowest BCUT2D eigenvalue weighted by molar-refractivity contribution is 0.101. The van der Waals surface area contributed by atoms with Gasteiger partial charge in [-0.3, -0.25) is 4.79 Å². The number of pyridine rings is 1. The first kappa shape index (κ1) is 8.33. The third-order valence-electron chi connectivity index (χ3n) is 1.18. The molecule has 1 heterocycles. The van der Waals surface area contributed by atoms with Gasteiger partial charge in [0.1, 0.15) is 0 Å². The van der Waals surface area contributed by atoms with E-state index in [0.29, 0.717) is 4.47 Å². The lowest BCUT2D eigenvalue weighted by Gasteiger charge is -1.96. The number of carbonyl (C=O) groups excluding carboxylic acids is 1. The van der Waals surface area contributed by atoms with Gasteiger partial charge in [-0.25, -0.2) is 4.98 Å². The van der Waals surface area contributed by atoms with Gasteiger partial charge in [0, 0.05) is 10.7 Å². The highest BCUT2D eigenvalue weighted by atomic mass is 79.9. The molecule has 58 valence electrons. The highest BCUT2D eigenvalue weighted by molar-refractivity contribution is 9.10. The Hall–Kier alpha value is -0.770. The minimum Gasteiger partial charge on any atom is -0.294 e. The van der Waals surface area contributed by atoms with Crippen LogP contribution in [0.25, 0.3) is 0 Å². The zero-order chi connectivity index (χ0) is 8.43. The Kier molecular flexibility index (Phi) is 2.34. The van der Waals surface area contributed by atoms with E-state index in [0.717, 1.165) is 0 Å². The molecule has 0 aliphatic heterocycles. The zero-order valence-electron chi connectivity index (χ0n) is 5.77. The second-order valence-electron chi connectivity index (χ2n) is 2.05. The summed E-state index contributed by atoms with van der Waals surface area (Å²) in [7, 11) is 0. The van der Waals surface area contributed by atoms with Crippen LogP contribution >= 0.6 is 15.9 Å². The largest absolute Gasteiger partial charge is 0.294 e. The highest BCUT2D eigenvalue weighted by Gasteiger charge is 2.07. The average molecular weight is 218 g/mol. The standard InChI is InChI=1S/C7H5BrFNO/c1-4(11)6-2-5(8)3-10-7(6)9/h2-3H,1H3. The zero-order valence-corrected chi connectivity index (χ0v) is 7.35. The molecule has 4 heteroatoms. The molecule has 0 saturated carbocycles. The van der Waals surface area contributed by atoms with E-state index >= 15 is 0 Å². The van der Waals surface area contributed by atoms with Crippen molar-refractivity contribution in [2.24, 2.45) is 0 Å². The van der Waals surface area contributed by atoms with Crippen LogP contribution in [0.4, 0.5) is 4.39 Å². The molecule has 0 amide bonds. The molecule has 0 spiro atoms. The van der Waals surface area contributed by atoms with Crippen molar-refractivity contribution < 1.29 is 9.18 Å². The number of Topliss-reactive ketones (excluding diaryl/α,β-unsaturated/α-hetero) is 1. The molecule has 1 aromatic heterocycles. The van der Waals surface area contributed by atoms with Gasteiger partial charge in [-0.2, -0.15) is 4.39 Å². The van der Waals surface area contributed by atoms with E-state index in [1.54, 1.807) is 0 Å². The predicted octanol–water partition coefficient (Wildman–Crippen LogP) is 2.19. The summed E-state index contributed by atoms with van der Waals surface area (Å²) in [6, 6.07) is 1.41. The summed E-state index contributed by atoms with van der Waals surface area (Å²) in [6.07, 6.45) is 1.31. The third-order valence-corrected chi connectivity index (χ3v) is 1.62. The molecule has 0 saturated heterocycles. The van der Waals surface area contributed by atoms with Crippen molar-refractivity contribution in [3.05, 3.63) is 28.2 Å². The SMILES string of the molecule is CC(=O)c1cc(Br)cnc1F. The molecule has 0 bridgehead atoms. The van der Waals surface area contributed by atoms with Crippen molar-refractivity contribution in [2.45, 2.75) is 6.92 Å². The molecule has 0 aromatic carbocycles. The smallest absolute Gasteiger partial charge is 0.223 e. The molecule has 2 nitrogen and oxygen atoms in total. The first-order valence-electron chi connectivity index (χ1n) is 2.93. The van der Waals surface area contributed by atoms with E-state index in [1.165, 1.54) is 19.2 Å². The molecule has 0 fully saturated rings. The van der Waals surface area contributed by atoms with E-state index in [-0.39, 0.29) is 11.3 Å². The van der Waals surface area contributed by atoms with Gasteiger partial charge < -0.3 is 0 Å². The molecule has 1 aromatic rings. The maximum atomic E-state index is 12.7. The van der Waals surface area contributed by atoms with Gasteiger partial charge in [-0.15, -0.1) is 0 Å². The minimum absolute atomic E-state index is 0.0133. The normalized spacial score (nSPS) is 9.73. The van der Waals surface area contributed by atoms with Crippen molar-refractivity contribution in [3.8, 4) is 0 Å². The van der Waals surface area contributed by atoms with Gasteiger partial charge in [0.25, 0.3) is 0 Å². The summed E-state index contributed by atoms with van der Waals surface area (Å²) in [5.41, 5.74) is 0.0133. The fourth-order valence-corrected chi connectivity index (χ4v) is 1.00. The fraction of sp³-hybridized carbons (Fsp3) is 0.143. The van der Waals surface area contributed by atoms with Gasteiger partial charge >= 0.3 is 0 Å².